The van der Waals surface area contributed by atoms with Crippen molar-refractivity contribution in [1.82, 2.24) is 4.98 Å². The van der Waals surface area contributed by atoms with Gasteiger partial charge in [-0.15, -0.1) is 11.3 Å². The van der Waals surface area contributed by atoms with E-state index in [0.717, 1.165) is 36.6 Å². The molecule has 0 unspecified atom stereocenters. The van der Waals surface area contributed by atoms with Crippen LogP contribution in [0.2, 0.25) is 0 Å². The Kier molecular flexibility index (Phi) is 4.60. The van der Waals surface area contributed by atoms with Gasteiger partial charge in [-0.05, 0) is 37.8 Å². The van der Waals surface area contributed by atoms with Gasteiger partial charge in [0.1, 0.15) is 0 Å². The fourth-order valence-electron chi connectivity index (χ4n) is 2.58. The van der Waals surface area contributed by atoms with Crippen molar-refractivity contribution in [3.63, 3.8) is 0 Å². The lowest BCUT2D eigenvalue weighted by atomic mass is 10.2. The van der Waals surface area contributed by atoms with E-state index < -0.39 is 0 Å². The minimum Gasteiger partial charge on any atom is -0.493 e. The van der Waals surface area contributed by atoms with Gasteiger partial charge in [-0.3, -0.25) is 4.98 Å². The lowest BCUT2D eigenvalue weighted by Gasteiger charge is -2.17. The molecule has 21 heavy (non-hydrogen) atoms. The molecule has 1 aliphatic rings. The maximum absolute atomic E-state index is 6.10. The van der Waals surface area contributed by atoms with Crippen LogP contribution < -0.4 is 14.8 Å². The van der Waals surface area contributed by atoms with Crippen LogP contribution in [0.5, 0.6) is 11.5 Å². The highest BCUT2D eigenvalue weighted by Crippen LogP contribution is 2.34. The van der Waals surface area contributed by atoms with E-state index in [2.05, 4.69) is 10.3 Å². The summed E-state index contributed by atoms with van der Waals surface area (Å²) in [6.07, 6.45) is 7.02. The Labute approximate surface area is 129 Å². The third-order valence-corrected chi connectivity index (χ3v) is 4.49. The van der Waals surface area contributed by atoms with Crippen LogP contribution in [0.15, 0.2) is 29.9 Å². The Balaban J connectivity index is 1.69. The lowest BCUT2D eigenvalue weighted by molar-refractivity contribution is 0.201. The molecule has 0 amide bonds. The molecule has 1 saturated carbocycles. The summed E-state index contributed by atoms with van der Waals surface area (Å²) < 4.78 is 11.5. The van der Waals surface area contributed by atoms with Crippen LogP contribution in [0.25, 0.3) is 0 Å². The lowest BCUT2D eigenvalue weighted by Crippen LogP contribution is -2.11. The van der Waals surface area contributed by atoms with Gasteiger partial charge >= 0.3 is 0 Å². The highest BCUT2D eigenvalue weighted by Gasteiger charge is 2.18. The van der Waals surface area contributed by atoms with Crippen LogP contribution in [0.3, 0.4) is 0 Å². The predicted molar refractivity (Wildman–Crippen MR) is 85.3 cm³/mol. The molecule has 0 radical (unpaired) electrons. The minimum atomic E-state index is 0.329. The molecular weight excluding hydrogens is 284 g/mol. The maximum Gasteiger partial charge on any atom is 0.163 e. The zero-order valence-electron chi connectivity index (χ0n) is 12.2. The van der Waals surface area contributed by atoms with Gasteiger partial charge < -0.3 is 14.8 Å². The van der Waals surface area contributed by atoms with E-state index >= 15 is 0 Å². The molecule has 4 nitrogen and oxygen atoms in total. The monoisotopic (exact) mass is 304 g/mol. The van der Waals surface area contributed by atoms with Crippen molar-refractivity contribution < 1.29 is 9.47 Å². The highest BCUT2D eigenvalue weighted by atomic mass is 32.1. The Morgan fingerprint density at radius 1 is 1.29 bits per heavy atom. The number of hydrogen-bond donors (Lipinski definition) is 1. The molecule has 2 aromatic rings. The number of benzene rings is 1. The Morgan fingerprint density at radius 2 is 2.14 bits per heavy atom. The van der Waals surface area contributed by atoms with Crippen molar-refractivity contribution >= 4 is 17.0 Å². The fraction of sp³-hybridized carbons (Fsp3) is 0.438. The highest BCUT2D eigenvalue weighted by molar-refractivity contribution is 7.09. The second-order valence-electron chi connectivity index (χ2n) is 5.21. The third kappa shape index (κ3) is 3.67. The first-order chi connectivity index (χ1) is 10.3. The number of thiazole rings is 1. The molecule has 0 saturated heterocycles. The summed E-state index contributed by atoms with van der Waals surface area (Å²) in [5, 5.41) is 3.40. The number of aromatic nitrogens is 1. The first kappa shape index (κ1) is 14.2. The number of nitrogens with one attached hydrogen (secondary N) is 1. The van der Waals surface area contributed by atoms with Gasteiger partial charge in [-0.1, -0.05) is 0 Å². The fourth-order valence-corrected chi connectivity index (χ4v) is 3.12. The Hall–Kier alpha value is -1.75. The summed E-state index contributed by atoms with van der Waals surface area (Å²) >= 11 is 1.65. The first-order valence-electron chi connectivity index (χ1n) is 7.31. The second-order valence-corrected chi connectivity index (χ2v) is 6.18. The quantitative estimate of drug-likeness (QED) is 0.873. The molecular formula is C16H20N2O2S. The van der Waals surface area contributed by atoms with Gasteiger partial charge in [0.05, 0.1) is 25.3 Å². The molecule has 1 aromatic carbocycles. The maximum atomic E-state index is 6.10. The largest absolute Gasteiger partial charge is 0.493 e. The van der Waals surface area contributed by atoms with Crippen LogP contribution in [0.1, 0.15) is 30.6 Å². The molecule has 0 bridgehead atoms. The SMILES string of the molecule is COc1ccc(NCc2cncs2)cc1OC1CCCC1. The molecule has 0 spiro atoms. The number of rotatable bonds is 6. The zero-order chi connectivity index (χ0) is 14.5. The van der Waals surface area contributed by atoms with Gasteiger partial charge in [0.25, 0.3) is 0 Å². The average Bonchev–Trinajstić information content (AvgIpc) is 3.18. The molecule has 1 aromatic heterocycles. The molecule has 5 heteroatoms. The number of nitrogens with zero attached hydrogens (tertiary/aromatic N) is 1. The molecule has 1 fully saturated rings. The third-order valence-electron chi connectivity index (χ3n) is 3.71. The summed E-state index contributed by atoms with van der Waals surface area (Å²) in [5.41, 5.74) is 2.89. The van der Waals surface area contributed by atoms with Crippen molar-refractivity contribution in [2.24, 2.45) is 0 Å². The van der Waals surface area contributed by atoms with Gasteiger partial charge in [-0.25, -0.2) is 0 Å². The van der Waals surface area contributed by atoms with Crippen molar-refractivity contribution in [1.29, 1.82) is 0 Å². The van der Waals surface area contributed by atoms with E-state index in [4.69, 9.17) is 9.47 Å². The first-order valence-corrected chi connectivity index (χ1v) is 8.19. The van der Waals surface area contributed by atoms with Crippen LogP contribution in [-0.4, -0.2) is 18.2 Å². The minimum absolute atomic E-state index is 0.329. The van der Waals surface area contributed by atoms with E-state index in [1.165, 1.54) is 17.7 Å². The number of ether oxygens (including phenoxy) is 2. The van der Waals surface area contributed by atoms with Crippen molar-refractivity contribution in [2.45, 2.75) is 38.3 Å². The van der Waals surface area contributed by atoms with Crippen LogP contribution in [0.4, 0.5) is 5.69 Å². The molecule has 0 atom stereocenters. The van der Waals surface area contributed by atoms with Crippen LogP contribution in [-0.2, 0) is 6.54 Å². The predicted octanol–water partition coefficient (Wildman–Crippen LogP) is 4.09. The van der Waals surface area contributed by atoms with Crippen molar-refractivity contribution in [2.75, 3.05) is 12.4 Å². The molecule has 1 heterocycles. The Bertz CT molecular complexity index is 566. The van der Waals surface area contributed by atoms with Gasteiger partial charge in [0, 0.05) is 22.8 Å². The summed E-state index contributed by atoms with van der Waals surface area (Å²) in [4.78, 5) is 5.29. The van der Waals surface area contributed by atoms with Gasteiger partial charge in [0.2, 0.25) is 0 Å². The topological polar surface area (TPSA) is 43.4 Å². The Morgan fingerprint density at radius 3 is 2.86 bits per heavy atom. The van der Waals surface area contributed by atoms with Crippen molar-refractivity contribution in [3.8, 4) is 11.5 Å². The van der Waals surface area contributed by atoms with Gasteiger partial charge in [0.15, 0.2) is 11.5 Å². The number of anilines is 1. The average molecular weight is 304 g/mol. The molecule has 1 aliphatic carbocycles. The zero-order valence-corrected chi connectivity index (χ0v) is 13.0. The summed E-state index contributed by atoms with van der Waals surface area (Å²) in [6.45, 7) is 0.778. The van der Waals surface area contributed by atoms with Crippen LogP contribution in [0, 0.1) is 0 Å². The summed E-state index contributed by atoms with van der Waals surface area (Å²) in [7, 11) is 1.68. The summed E-state index contributed by atoms with van der Waals surface area (Å²) in [6, 6.07) is 6.00. The molecule has 112 valence electrons. The molecule has 1 N–H and O–H groups in total. The van der Waals surface area contributed by atoms with E-state index in [9.17, 15) is 0 Å². The van der Waals surface area contributed by atoms with E-state index in [0.29, 0.717) is 6.10 Å². The van der Waals surface area contributed by atoms with Crippen LogP contribution >= 0.6 is 11.3 Å². The van der Waals surface area contributed by atoms with E-state index in [1.807, 2.05) is 29.9 Å². The standard InChI is InChI=1S/C16H20N2O2S/c1-19-15-7-6-12(18-10-14-9-17-11-21-14)8-16(15)20-13-4-2-3-5-13/h6-9,11,13,18H,2-5,10H2,1H3. The molecule has 0 aliphatic heterocycles. The molecule has 3 rings (SSSR count). The van der Waals surface area contributed by atoms with Crippen molar-refractivity contribution in [3.05, 3.63) is 34.8 Å². The normalized spacial score (nSPS) is 15.1. The number of methoxy groups -OCH3 is 1. The van der Waals surface area contributed by atoms with Gasteiger partial charge in [-0.2, -0.15) is 0 Å². The summed E-state index contributed by atoms with van der Waals surface area (Å²) in [5.74, 6) is 1.63. The smallest absolute Gasteiger partial charge is 0.163 e. The van der Waals surface area contributed by atoms with E-state index in [1.54, 1.807) is 18.4 Å². The van der Waals surface area contributed by atoms with E-state index in [-0.39, 0.29) is 0 Å². The number of hydrogen-bond acceptors (Lipinski definition) is 5. The second kappa shape index (κ2) is 6.80.